The maximum Gasteiger partial charge on any atom is 0.235 e. The van der Waals surface area contributed by atoms with Crippen LogP contribution in [0.15, 0.2) is 53.3 Å². The maximum atomic E-state index is 11.8. The summed E-state index contributed by atoms with van der Waals surface area (Å²) in [4.78, 5) is 20.4. The number of rotatable bonds is 6. The molecule has 0 saturated carbocycles. The molecule has 1 fully saturated rings. The summed E-state index contributed by atoms with van der Waals surface area (Å²) in [6.45, 7) is 3.75. The highest BCUT2D eigenvalue weighted by Crippen LogP contribution is 2.37. The molecule has 0 N–H and O–H groups in total. The lowest BCUT2D eigenvalue weighted by Gasteiger charge is -2.31. The van der Waals surface area contributed by atoms with E-state index in [1.165, 1.54) is 23.9 Å². The van der Waals surface area contributed by atoms with E-state index in [1.54, 1.807) is 12.1 Å². The number of benzene rings is 1. The molecule has 3 aromatic heterocycles. The van der Waals surface area contributed by atoms with E-state index in [4.69, 9.17) is 4.74 Å². The van der Waals surface area contributed by atoms with Gasteiger partial charge < -0.3 is 9.64 Å². The zero-order valence-corrected chi connectivity index (χ0v) is 20.6. The van der Waals surface area contributed by atoms with Gasteiger partial charge in [0.25, 0.3) is 0 Å². The van der Waals surface area contributed by atoms with Crippen LogP contribution >= 0.6 is 11.3 Å². The lowest BCUT2D eigenvalue weighted by molar-refractivity contribution is 0.166. The largest absolute Gasteiger partial charge is 0.473 e. The third-order valence-corrected chi connectivity index (χ3v) is 8.10. The Bertz CT molecular complexity index is 1400. The van der Waals surface area contributed by atoms with Crippen LogP contribution in [0.1, 0.15) is 25.3 Å². The zero-order valence-electron chi connectivity index (χ0n) is 19.0. The fourth-order valence-electron chi connectivity index (χ4n) is 4.03. The van der Waals surface area contributed by atoms with E-state index in [0.717, 1.165) is 65.2 Å². The molecule has 4 aromatic rings. The molecule has 1 aromatic carbocycles. The van der Waals surface area contributed by atoms with Gasteiger partial charge in [-0.2, -0.15) is 0 Å². The standard InChI is InChI=1S/C24H25N5O3S2/c1-3-16-12-25-24(26-13-16)29-10-8-18(9-11-29)32-23-22-21(27-15-28-23)20(14-33-22)17-4-6-19(7-5-17)34(2,30)31/h4-7,12-15,18H,3,8-11H2,1-2H3. The topological polar surface area (TPSA) is 98.2 Å². The second-order valence-electron chi connectivity index (χ2n) is 8.35. The fraction of sp³-hybridized carbons (Fsp3) is 0.333. The molecule has 0 aliphatic carbocycles. The smallest absolute Gasteiger partial charge is 0.235 e. The second-order valence-corrected chi connectivity index (χ2v) is 11.2. The minimum Gasteiger partial charge on any atom is -0.473 e. The molecule has 1 saturated heterocycles. The fourth-order valence-corrected chi connectivity index (χ4v) is 5.61. The highest BCUT2D eigenvalue weighted by molar-refractivity contribution is 7.90. The molecule has 0 atom stereocenters. The Balaban J connectivity index is 1.30. The van der Waals surface area contributed by atoms with Gasteiger partial charge in [0.2, 0.25) is 11.8 Å². The molecule has 1 aliphatic heterocycles. The van der Waals surface area contributed by atoms with Crippen LogP contribution in [0.2, 0.25) is 0 Å². The zero-order chi connectivity index (χ0) is 23.7. The van der Waals surface area contributed by atoms with E-state index in [2.05, 4.69) is 31.8 Å². The molecule has 0 unspecified atom stereocenters. The van der Waals surface area contributed by atoms with Crippen LogP contribution in [0.25, 0.3) is 21.3 Å². The van der Waals surface area contributed by atoms with E-state index < -0.39 is 9.84 Å². The van der Waals surface area contributed by atoms with Gasteiger partial charge in [0.05, 0.1) is 10.4 Å². The van der Waals surface area contributed by atoms with Gasteiger partial charge in [-0.15, -0.1) is 11.3 Å². The Morgan fingerprint density at radius 2 is 1.76 bits per heavy atom. The third-order valence-electron chi connectivity index (χ3n) is 6.02. The molecule has 0 bridgehead atoms. The van der Waals surface area contributed by atoms with Crippen molar-refractivity contribution in [1.29, 1.82) is 0 Å². The highest BCUT2D eigenvalue weighted by atomic mass is 32.2. The number of ether oxygens (including phenoxy) is 1. The summed E-state index contributed by atoms with van der Waals surface area (Å²) in [5.74, 6) is 1.36. The van der Waals surface area contributed by atoms with Gasteiger partial charge in [0.1, 0.15) is 17.1 Å². The number of thiophene rings is 1. The van der Waals surface area contributed by atoms with Gasteiger partial charge in [-0.1, -0.05) is 19.1 Å². The quantitative estimate of drug-likeness (QED) is 0.393. The molecule has 8 nitrogen and oxygen atoms in total. The molecular formula is C24H25N5O3S2. The van der Waals surface area contributed by atoms with Gasteiger partial charge in [-0.25, -0.2) is 28.4 Å². The molecule has 176 valence electrons. The first-order valence-electron chi connectivity index (χ1n) is 11.2. The van der Waals surface area contributed by atoms with Crippen LogP contribution in [0.4, 0.5) is 5.95 Å². The van der Waals surface area contributed by atoms with Crippen LogP contribution in [0.5, 0.6) is 5.88 Å². The highest BCUT2D eigenvalue weighted by Gasteiger charge is 2.24. The van der Waals surface area contributed by atoms with Crippen molar-refractivity contribution in [2.75, 3.05) is 24.2 Å². The maximum absolute atomic E-state index is 11.8. The average Bonchev–Trinajstić information content (AvgIpc) is 3.29. The summed E-state index contributed by atoms with van der Waals surface area (Å²) in [7, 11) is -3.23. The Labute approximate surface area is 202 Å². The van der Waals surface area contributed by atoms with Gasteiger partial charge in [-0.05, 0) is 29.7 Å². The predicted molar refractivity (Wildman–Crippen MR) is 133 cm³/mol. The predicted octanol–water partition coefficient (Wildman–Crippen LogP) is 4.16. The van der Waals surface area contributed by atoms with Crippen molar-refractivity contribution in [1.82, 2.24) is 19.9 Å². The summed E-state index contributed by atoms with van der Waals surface area (Å²) in [5, 5.41) is 2.02. The summed E-state index contributed by atoms with van der Waals surface area (Å²) in [6.07, 6.45) is 9.22. The second kappa shape index (κ2) is 9.27. The molecule has 10 heteroatoms. The van der Waals surface area contributed by atoms with E-state index >= 15 is 0 Å². The van der Waals surface area contributed by atoms with Crippen molar-refractivity contribution in [2.24, 2.45) is 0 Å². The molecule has 0 spiro atoms. The van der Waals surface area contributed by atoms with E-state index in [-0.39, 0.29) is 6.10 Å². The van der Waals surface area contributed by atoms with Crippen LogP contribution in [-0.2, 0) is 16.3 Å². The van der Waals surface area contributed by atoms with E-state index in [0.29, 0.717) is 10.8 Å². The van der Waals surface area contributed by atoms with Crippen molar-refractivity contribution >= 4 is 37.3 Å². The van der Waals surface area contributed by atoms with Gasteiger partial charge in [-0.3, -0.25) is 0 Å². The number of sulfone groups is 1. The average molecular weight is 496 g/mol. The number of anilines is 1. The number of aromatic nitrogens is 4. The summed E-state index contributed by atoms with van der Waals surface area (Å²) >= 11 is 1.54. The Hall–Kier alpha value is -3.11. The molecular weight excluding hydrogens is 470 g/mol. The lowest BCUT2D eigenvalue weighted by Crippen LogP contribution is -2.39. The molecule has 1 aliphatic rings. The van der Waals surface area contributed by atoms with Gasteiger partial charge in [0, 0.05) is 55.5 Å². The first-order chi connectivity index (χ1) is 16.4. The van der Waals surface area contributed by atoms with Gasteiger partial charge in [0.15, 0.2) is 9.84 Å². The molecule has 34 heavy (non-hydrogen) atoms. The first kappa shape index (κ1) is 22.7. The number of fused-ring (bicyclic) bond motifs is 1. The van der Waals surface area contributed by atoms with Crippen molar-refractivity contribution in [2.45, 2.75) is 37.2 Å². The minimum absolute atomic E-state index is 0.0591. The van der Waals surface area contributed by atoms with E-state index in [1.807, 2.05) is 29.9 Å². The Morgan fingerprint density at radius 3 is 2.41 bits per heavy atom. The van der Waals surface area contributed by atoms with Crippen LogP contribution < -0.4 is 9.64 Å². The van der Waals surface area contributed by atoms with Gasteiger partial charge >= 0.3 is 0 Å². The summed E-state index contributed by atoms with van der Waals surface area (Å²) in [6, 6.07) is 6.87. The monoisotopic (exact) mass is 495 g/mol. The molecule has 0 radical (unpaired) electrons. The SMILES string of the molecule is CCc1cnc(N2CCC(Oc3ncnc4c(-c5ccc(S(C)(=O)=O)cc5)csc34)CC2)nc1. The molecule has 4 heterocycles. The first-order valence-corrected chi connectivity index (χ1v) is 13.9. The van der Waals surface area contributed by atoms with Crippen LogP contribution in [0, 0.1) is 0 Å². The number of hydrogen-bond acceptors (Lipinski definition) is 9. The number of hydrogen-bond donors (Lipinski definition) is 0. The van der Waals surface area contributed by atoms with Crippen molar-refractivity contribution in [3.8, 4) is 17.0 Å². The summed E-state index contributed by atoms with van der Waals surface area (Å²) < 4.78 is 30.7. The van der Waals surface area contributed by atoms with Crippen LogP contribution in [0.3, 0.4) is 0 Å². The Morgan fingerprint density at radius 1 is 1.06 bits per heavy atom. The third kappa shape index (κ3) is 4.60. The molecule has 0 amide bonds. The van der Waals surface area contributed by atoms with Crippen molar-refractivity contribution in [3.05, 3.63) is 53.9 Å². The molecule has 5 rings (SSSR count). The van der Waals surface area contributed by atoms with Crippen molar-refractivity contribution in [3.63, 3.8) is 0 Å². The number of piperidine rings is 1. The van der Waals surface area contributed by atoms with Crippen molar-refractivity contribution < 1.29 is 13.2 Å². The minimum atomic E-state index is -3.23. The van der Waals surface area contributed by atoms with Crippen LogP contribution in [-0.4, -0.2) is 53.8 Å². The van der Waals surface area contributed by atoms with E-state index in [9.17, 15) is 8.42 Å². The Kier molecular flexibility index (Phi) is 6.18. The normalized spacial score (nSPS) is 15.1. The number of nitrogens with zero attached hydrogens (tertiary/aromatic N) is 5. The lowest BCUT2D eigenvalue weighted by atomic mass is 10.1. The summed E-state index contributed by atoms with van der Waals surface area (Å²) in [5.41, 5.74) is 3.79. The number of aryl methyl sites for hydroxylation is 1.